The first-order valence-corrected chi connectivity index (χ1v) is 13.0. The third-order valence-corrected chi connectivity index (χ3v) is 8.82. The SMILES string of the molecule is O=C(NCCCS(=O)(=O)c1ccccc1)C1CCCN(S(=O)(=O)c2ccccc2)C1. The van der Waals surface area contributed by atoms with E-state index < -0.39 is 25.8 Å². The number of carbonyl (C=O) groups excluding carboxylic acids is 1. The summed E-state index contributed by atoms with van der Waals surface area (Å²) in [5.41, 5.74) is 0. The number of hydrogen-bond donors (Lipinski definition) is 1. The number of amides is 1. The van der Waals surface area contributed by atoms with Gasteiger partial charge < -0.3 is 5.32 Å². The van der Waals surface area contributed by atoms with Gasteiger partial charge in [-0.3, -0.25) is 4.79 Å². The van der Waals surface area contributed by atoms with Crippen LogP contribution in [0.25, 0.3) is 0 Å². The lowest BCUT2D eigenvalue weighted by Gasteiger charge is -2.31. The van der Waals surface area contributed by atoms with Gasteiger partial charge in [0.2, 0.25) is 15.9 Å². The van der Waals surface area contributed by atoms with Crippen molar-refractivity contribution in [3.05, 3.63) is 60.7 Å². The van der Waals surface area contributed by atoms with Gasteiger partial charge in [0.25, 0.3) is 0 Å². The molecule has 2 aromatic carbocycles. The quantitative estimate of drug-likeness (QED) is 0.621. The molecule has 0 saturated carbocycles. The van der Waals surface area contributed by atoms with Gasteiger partial charge in [-0.25, -0.2) is 16.8 Å². The van der Waals surface area contributed by atoms with Crippen molar-refractivity contribution in [2.75, 3.05) is 25.4 Å². The minimum atomic E-state index is -3.63. The zero-order valence-corrected chi connectivity index (χ0v) is 18.2. The fourth-order valence-electron chi connectivity index (χ4n) is 3.48. The van der Waals surface area contributed by atoms with Crippen LogP contribution in [0.2, 0.25) is 0 Å². The number of sulfone groups is 1. The van der Waals surface area contributed by atoms with E-state index in [0.29, 0.717) is 25.8 Å². The van der Waals surface area contributed by atoms with Crippen molar-refractivity contribution < 1.29 is 21.6 Å². The molecule has 1 N–H and O–H groups in total. The fourth-order valence-corrected chi connectivity index (χ4v) is 6.36. The highest BCUT2D eigenvalue weighted by atomic mass is 32.2. The van der Waals surface area contributed by atoms with Crippen LogP contribution < -0.4 is 5.32 Å². The molecule has 1 aliphatic rings. The number of carbonyl (C=O) groups is 1. The summed E-state index contributed by atoms with van der Waals surface area (Å²) in [6, 6.07) is 16.4. The van der Waals surface area contributed by atoms with Crippen molar-refractivity contribution in [2.24, 2.45) is 5.92 Å². The molecule has 7 nitrogen and oxygen atoms in total. The predicted octanol–water partition coefficient (Wildman–Crippen LogP) is 2.07. The van der Waals surface area contributed by atoms with Gasteiger partial charge in [-0.15, -0.1) is 0 Å². The van der Waals surface area contributed by atoms with Crippen LogP contribution in [0.5, 0.6) is 0 Å². The second-order valence-electron chi connectivity index (χ2n) is 7.29. The summed E-state index contributed by atoms with van der Waals surface area (Å²) in [6.45, 7) is 0.745. The van der Waals surface area contributed by atoms with E-state index in [9.17, 15) is 21.6 Å². The van der Waals surface area contributed by atoms with Gasteiger partial charge in [-0.1, -0.05) is 36.4 Å². The van der Waals surface area contributed by atoms with Crippen molar-refractivity contribution in [1.29, 1.82) is 0 Å². The average molecular weight is 451 g/mol. The van der Waals surface area contributed by atoms with E-state index in [0.717, 1.165) is 0 Å². The molecule has 30 heavy (non-hydrogen) atoms. The number of sulfonamides is 1. The topological polar surface area (TPSA) is 101 Å². The molecule has 0 aliphatic carbocycles. The van der Waals surface area contributed by atoms with E-state index in [1.54, 1.807) is 60.7 Å². The lowest BCUT2D eigenvalue weighted by molar-refractivity contribution is -0.126. The number of piperidine rings is 1. The number of nitrogens with one attached hydrogen (secondary N) is 1. The van der Waals surface area contributed by atoms with Crippen LogP contribution in [-0.4, -0.2) is 52.4 Å². The molecule has 0 radical (unpaired) electrons. The van der Waals surface area contributed by atoms with Gasteiger partial charge in [-0.2, -0.15) is 4.31 Å². The summed E-state index contributed by atoms with van der Waals surface area (Å²) < 4.78 is 51.5. The first-order chi connectivity index (χ1) is 14.3. The van der Waals surface area contributed by atoms with Crippen molar-refractivity contribution in [1.82, 2.24) is 9.62 Å². The number of rotatable bonds is 8. The van der Waals surface area contributed by atoms with Gasteiger partial charge in [0.05, 0.1) is 21.5 Å². The monoisotopic (exact) mass is 450 g/mol. The van der Waals surface area contributed by atoms with Crippen LogP contribution >= 0.6 is 0 Å². The Hall–Kier alpha value is -2.23. The smallest absolute Gasteiger partial charge is 0.243 e. The van der Waals surface area contributed by atoms with Gasteiger partial charge in [0, 0.05) is 19.6 Å². The maximum Gasteiger partial charge on any atom is 0.243 e. The molecule has 0 spiro atoms. The van der Waals surface area contributed by atoms with Crippen molar-refractivity contribution in [2.45, 2.75) is 29.1 Å². The van der Waals surface area contributed by atoms with E-state index in [-0.39, 0.29) is 34.5 Å². The summed E-state index contributed by atoms with van der Waals surface area (Å²) in [7, 11) is -7.01. The van der Waals surface area contributed by atoms with E-state index in [2.05, 4.69) is 5.32 Å². The lowest BCUT2D eigenvalue weighted by atomic mass is 9.99. The largest absolute Gasteiger partial charge is 0.356 e. The van der Waals surface area contributed by atoms with Crippen molar-refractivity contribution in [3.63, 3.8) is 0 Å². The molecule has 1 aliphatic heterocycles. The fraction of sp³-hybridized carbons (Fsp3) is 0.381. The Balaban J connectivity index is 1.51. The second kappa shape index (κ2) is 9.72. The Morgan fingerprint density at radius 1 is 0.933 bits per heavy atom. The predicted molar refractivity (Wildman–Crippen MR) is 114 cm³/mol. The number of benzene rings is 2. The molecule has 2 aromatic rings. The van der Waals surface area contributed by atoms with Gasteiger partial charge in [0.15, 0.2) is 9.84 Å². The Morgan fingerprint density at radius 2 is 1.53 bits per heavy atom. The molecule has 1 fully saturated rings. The van der Waals surface area contributed by atoms with Gasteiger partial charge in [-0.05, 0) is 43.5 Å². The number of nitrogens with zero attached hydrogens (tertiary/aromatic N) is 1. The van der Waals surface area contributed by atoms with E-state index in [4.69, 9.17) is 0 Å². The summed E-state index contributed by atoms with van der Waals surface area (Å²) in [6.07, 6.45) is 1.50. The van der Waals surface area contributed by atoms with Crippen LogP contribution in [-0.2, 0) is 24.7 Å². The molecule has 1 unspecified atom stereocenters. The molecular formula is C21H26N2O5S2. The van der Waals surface area contributed by atoms with Crippen molar-refractivity contribution >= 4 is 25.8 Å². The molecule has 162 valence electrons. The third kappa shape index (κ3) is 5.47. The minimum absolute atomic E-state index is 0.0591. The Morgan fingerprint density at radius 3 is 2.17 bits per heavy atom. The maximum absolute atomic E-state index is 12.8. The Kier molecular flexibility index (Phi) is 7.27. The normalized spacial score (nSPS) is 18.1. The Labute approximate surface area is 178 Å². The lowest BCUT2D eigenvalue weighted by Crippen LogP contribution is -2.45. The maximum atomic E-state index is 12.8. The summed E-state index contributed by atoms with van der Waals surface area (Å²) in [5.74, 6) is -0.737. The van der Waals surface area contributed by atoms with Crippen LogP contribution in [0.15, 0.2) is 70.5 Å². The standard InChI is InChI=1S/C21H26N2O5S2/c24-21(22-14-8-16-29(25,26)19-10-3-1-4-11-19)18-9-7-15-23(17-18)30(27,28)20-12-5-2-6-13-20/h1-6,10-13,18H,7-9,14-17H2,(H,22,24). The summed E-state index contributed by atoms with van der Waals surface area (Å²) >= 11 is 0. The second-order valence-corrected chi connectivity index (χ2v) is 11.3. The van der Waals surface area contributed by atoms with Crippen LogP contribution in [0.4, 0.5) is 0 Å². The molecule has 9 heteroatoms. The molecule has 1 atom stereocenters. The van der Waals surface area contributed by atoms with Crippen LogP contribution in [0, 0.1) is 5.92 Å². The zero-order valence-electron chi connectivity index (χ0n) is 16.6. The molecule has 1 saturated heterocycles. The van der Waals surface area contributed by atoms with E-state index >= 15 is 0 Å². The highest BCUT2D eigenvalue weighted by molar-refractivity contribution is 7.91. The molecule has 1 heterocycles. The Bertz CT molecular complexity index is 1060. The summed E-state index contributed by atoms with van der Waals surface area (Å²) in [4.78, 5) is 13.0. The van der Waals surface area contributed by atoms with Gasteiger partial charge >= 0.3 is 0 Å². The molecular weight excluding hydrogens is 424 g/mol. The molecule has 1 amide bonds. The zero-order chi connectivity index (χ0) is 21.6. The van der Waals surface area contributed by atoms with Crippen molar-refractivity contribution in [3.8, 4) is 0 Å². The van der Waals surface area contributed by atoms with Crippen LogP contribution in [0.1, 0.15) is 19.3 Å². The highest BCUT2D eigenvalue weighted by Gasteiger charge is 2.33. The van der Waals surface area contributed by atoms with Crippen LogP contribution in [0.3, 0.4) is 0 Å². The first kappa shape index (κ1) is 22.5. The third-order valence-electron chi connectivity index (χ3n) is 5.13. The van der Waals surface area contributed by atoms with E-state index in [1.807, 2.05) is 0 Å². The highest BCUT2D eigenvalue weighted by Crippen LogP contribution is 2.23. The minimum Gasteiger partial charge on any atom is -0.356 e. The van der Waals surface area contributed by atoms with Gasteiger partial charge in [0.1, 0.15) is 0 Å². The van der Waals surface area contributed by atoms with E-state index in [1.165, 1.54) is 4.31 Å². The molecule has 3 rings (SSSR count). The first-order valence-electron chi connectivity index (χ1n) is 9.91. The average Bonchev–Trinajstić information content (AvgIpc) is 2.78. The summed E-state index contributed by atoms with van der Waals surface area (Å²) in [5, 5.41) is 2.76. The number of hydrogen-bond acceptors (Lipinski definition) is 5. The molecule has 0 aromatic heterocycles. The molecule has 0 bridgehead atoms.